The van der Waals surface area contributed by atoms with Gasteiger partial charge in [-0.25, -0.2) is 4.98 Å². The van der Waals surface area contributed by atoms with Crippen LogP contribution in [0.15, 0.2) is 35.7 Å². The topological polar surface area (TPSA) is 48.5 Å². The number of piperidine rings is 1. The second kappa shape index (κ2) is 11.1. The van der Waals surface area contributed by atoms with E-state index < -0.39 is 0 Å². The lowest BCUT2D eigenvalue weighted by molar-refractivity contribution is -0.137. The van der Waals surface area contributed by atoms with Gasteiger partial charge in [0, 0.05) is 50.2 Å². The van der Waals surface area contributed by atoms with Crippen molar-refractivity contribution in [1.29, 1.82) is 0 Å². The van der Waals surface area contributed by atoms with Crippen molar-refractivity contribution < 1.29 is 4.79 Å². The Balaban J connectivity index is 0.00000140. The van der Waals surface area contributed by atoms with Crippen LogP contribution in [-0.2, 0) is 11.3 Å². The largest absolute Gasteiger partial charge is 0.340 e. The van der Waals surface area contributed by atoms with Gasteiger partial charge in [-0.3, -0.25) is 9.69 Å². The van der Waals surface area contributed by atoms with Gasteiger partial charge in [-0.15, -0.1) is 36.2 Å². The SMILES string of the molecule is Cl.Cl.O=C(C1CCCNC1)N1CCN(Cc2csc(-c3ccccc3)n2)CC1. The molecule has 8 heteroatoms. The zero-order chi connectivity index (χ0) is 17.8. The van der Waals surface area contributed by atoms with Crippen LogP contribution in [0.2, 0.25) is 0 Å². The first-order valence-corrected chi connectivity index (χ1v) is 10.4. The molecule has 2 saturated heterocycles. The van der Waals surface area contributed by atoms with E-state index in [2.05, 4.69) is 44.8 Å². The van der Waals surface area contributed by atoms with Crippen molar-refractivity contribution in [3.8, 4) is 10.6 Å². The summed E-state index contributed by atoms with van der Waals surface area (Å²) >= 11 is 1.71. The van der Waals surface area contributed by atoms with E-state index in [1.165, 1.54) is 5.56 Å². The van der Waals surface area contributed by atoms with Crippen molar-refractivity contribution in [2.75, 3.05) is 39.3 Å². The third-order valence-corrected chi connectivity index (χ3v) is 6.23. The maximum Gasteiger partial charge on any atom is 0.227 e. The van der Waals surface area contributed by atoms with Crippen molar-refractivity contribution in [2.24, 2.45) is 5.92 Å². The minimum Gasteiger partial charge on any atom is -0.340 e. The summed E-state index contributed by atoms with van der Waals surface area (Å²) in [6.07, 6.45) is 2.15. The fourth-order valence-corrected chi connectivity index (χ4v) is 4.59. The van der Waals surface area contributed by atoms with E-state index in [-0.39, 0.29) is 30.7 Å². The summed E-state index contributed by atoms with van der Waals surface area (Å²) in [5.41, 5.74) is 2.31. The minimum atomic E-state index is 0. The molecule has 1 aromatic carbocycles. The molecule has 28 heavy (non-hydrogen) atoms. The Hall–Kier alpha value is -1.18. The first-order valence-electron chi connectivity index (χ1n) is 9.51. The third-order valence-electron chi connectivity index (χ3n) is 5.29. The second-order valence-corrected chi connectivity index (χ2v) is 8.01. The number of rotatable bonds is 4. The van der Waals surface area contributed by atoms with Gasteiger partial charge in [0.25, 0.3) is 0 Å². The molecule has 1 atom stereocenters. The molecule has 3 heterocycles. The molecule has 0 bridgehead atoms. The lowest BCUT2D eigenvalue weighted by Gasteiger charge is -2.37. The number of carbonyl (C=O) groups excluding carboxylic acids is 1. The summed E-state index contributed by atoms with van der Waals surface area (Å²) < 4.78 is 0. The molecule has 1 N–H and O–H groups in total. The summed E-state index contributed by atoms with van der Waals surface area (Å²) in [4.78, 5) is 21.9. The number of nitrogens with zero attached hydrogens (tertiary/aromatic N) is 3. The van der Waals surface area contributed by atoms with Gasteiger partial charge in [-0.1, -0.05) is 30.3 Å². The maximum absolute atomic E-state index is 12.6. The molecule has 4 rings (SSSR count). The molecule has 0 spiro atoms. The smallest absolute Gasteiger partial charge is 0.227 e. The molecular weight excluding hydrogens is 415 g/mol. The van der Waals surface area contributed by atoms with Gasteiger partial charge in [0.1, 0.15) is 5.01 Å². The number of halogens is 2. The fourth-order valence-electron chi connectivity index (χ4n) is 3.77. The van der Waals surface area contributed by atoms with Gasteiger partial charge in [0.05, 0.1) is 11.6 Å². The summed E-state index contributed by atoms with van der Waals surface area (Å²) in [6.45, 7) is 6.32. The molecular formula is C20H28Cl2N4OS. The van der Waals surface area contributed by atoms with Gasteiger partial charge < -0.3 is 10.2 Å². The van der Waals surface area contributed by atoms with E-state index in [9.17, 15) is 4.79 Å². The third kappa shape index (κ3) is 5.67. The molecule has 2 aliphatic rings. The lowest BCUT2D eigenvalue weighted by atomic mass is 9.98. The summed E-state index contributed by atoms with van der Waals surface area (Å²) in [6, 6.07) is 10.3. The Morgan fingerprint density at radius 1 is 1.14 bits per heavy atom. The standard InChI is InChI=1S/C20H26N4OS.2ClH/c25-20(17-7-4-8-21-13-17)24-11-9-23(10-12-24)14-18-15-26-19(22-18)16-5-2-1-3-6-16;;/h1-3,5-6,15,17,21H,4,7-14H2;2*1H. The van der Waals surface area contributed by atoms with Crippen LogP contribution in [0.1, 0.15) is 18.5 Å². The van der Waals surface area contributed by atoms with E-state index in [4.69, 9.17) is 4.98 Å². The van der Waals surface area contributed by atoms with Gasteiger partial charge in [0.2, 0.25) is 5.91 Å². The van der Waals surface area contributed by atoms with Gasteiger partial charge >= 0.3 is 0 Å². The number of thiazole rings is 1. The predicted molar refractivity (Wildman–Crippen MR) is 119 cm³/mol. The van der Waals surface area contributed by atoms with E-state index in [0.717, 1.165) is 69.4 Å². The predicted octanol–water partition coefficient (Wildman–Crippen LogP) is 3.30. The second-order valence-electron chi connectivity index (χ2n) is 7.15. The van der Waals surface area contributed by atoms with Crippen LogP contribution in [0.25, 0.3) is 10.6 Å². The highest BCUT2D eigenvalue weighted by Crippen LogP contribution is 2.24. The molecule has 5 nitrogen and oxygen atoms in total. The molecule has 0 aliphatic carbocycles. The molecule has 2 fully saturated rings. The first kappa shape index (κ1) is 23.1. The van der Waals surface area contributed by atoms with Crippen LogP contribution in [0.3, 0.4) is 0 Å². The van der Waals surface area contributed by atoms with E-state index in [1.807, 2.05) is 6.07 Å². The van der Waals surface area contributed by atoms with Crippen molar-refractivity contribution in [3.63, 3.8) is 0 Å². The van der Waals surface area contributed by atoms with Gasteiger partial charge in [-0.05, 0) is 19.4 Å². The summed E-state index contributed by atoms with van der Waals surface area (Å²) in [5.74, 6) is 0.527. The van der Waals surface area contributed by atoms with Crippen molar-refractivity contribution in [2.45, 2.75) is 19.4 Å². The van der Waals surface area contributed by atoms with Crippen LogP contribution in [0, 0.1) is 5.92 Å². The van der Waals surface area contributed by atoms with E-state index >= 15 is 0 Å². The molecule has 1 aromatic heterocycles. The van der Waals surface area contributed by atoms with Gasteiger partial charge in [-0.2, -0.15) is 0 Å². The van der Waals surface area contributed by atoms with Crippen molar-refractivity contribution in [1.82, 2.24) is 20.1 Å². The number of carbonyl (C=O) groups is 1. The fraction of sp³-hybridized carbons (Fsp3) is 0.500. The average molecular weight is 443 g/mol. The quantitative estimate of drug-likeness (QED) is 0.788. The molecule has 2 aliphatic heterocycles. The number of hydrogen-bond acceptors (Lipinski definition) is 5. The van der Waals surface area contributed by atoms with E-state index in [1.54, 1.807) is 11.3 Å². The van der Waals surface area contributed by atoms with Crippen LogP contribution in [-0.4, -0.2) is 60.0 Å². The maximum atomic E-state index is 12.6. The van der Waals surface area contributed by atoms with Crippen LogP contribution in [0.5, 0.6) is 0 Å². The molecule has 2 aromatic rings. The van der Waals surface area contributed by atoms with Crippen LogP contribution >= 0.6 is 36.2 Å². The highest BCUT2D eigenvalue weighted by atomic mass is 35.5. The average Bonchev–Trinajstić information content (AvgIpc) is 3.18. The zero-order valence-corrected chi connectivity index (χ0v) is 18.3. The number of benzene rings is 1. The highest BCUT2D eigenvalue weighted by Gasteiger charge is 2.28. The Kier molecular flexibility index (Phi) is 9.18. The summed E-state index contributed by atoms with van der Waals surface area (Å²) in [5, 5.41) is 6.59. The van der Waals surface area contributed by atoms with Gasteiger partial charge in [0.15, 0.2) is 0 Å². The number of nitrogens with one attached hydrogen (secondary N) is 1. The highest BCUT2D eigenvalue weighted by molar-refractivity contribution is 7.13. The Labute approximate surface area is 183 Å². The van der Waals surface area contributed by atoms with Crippen LogP contribution < -0.4 is 5.32 Å². The molecule has 154 valence electrons. The Morgan fingerprint density at radius 2 is 1.89 bits per heavy atom. The summed E-state index contributed by atoms with van der Waals surface area (Å²) in [7, 11) is 0. The monoisotopic (exact) mass is 442 g/mol. The molecule has 0 radical (unpaired) electrons. The zero-order valence-electron chi connectivity index (χ0n) is 15.9. The van der Waals surface area contributed by atoms with E-state index in [0.29, 0.717) is 5.91 Å². The first-order chi connectivity index (χ1) is 12.8. The molecule has 1 unspecified atom stereocenters. The number of amides is 1. The Bertz CT molecular complexity index is 729. The number of piperazine rings is 1. The van der Waals surface area contributed by atoms with Crippen LogP contribution in [0.4, 0.5) is 0 Å². The number of aromatic nitrogens is 1. The normalized spacial score (nSPS) is 20.1. The molecule has 0 saturated carbocycles. The molecule has 1 amide bonds. The van der Waals surface area contributed by atoms with Crippen molar-refractivity contribution >= 4 is 42.1 Å². The minimum absolute atomic E-state index is 0. The Morgan fingerprint density at radius 3 is 2.57 bits per heavy atom. The van der Waals surface area contributed by atoms with Crippen molar-refractivity contribution in [3.05, 3.63) is 41.4 Å². The lowest BCUT2D eigenvalue weighted by Crippen LogP contribution is -2.51. The number of hydrogen-bond donors (Lipinski definition) is 1.